The molecule has 0 atom stereocenters. The van der Waals surface area contributed by atoms with E-state index in [0.29, 0.717) is 6.54 Å². The number of allylic oxidation sites excluding steroid dienone is 5. The van der Waals surface area contributed by atoms with Crippen molar-refractivity contribution in [3.05, 3.63) is 130 Å². The number of hydrogen-bond donors (Lipinski definition) is 2. The number of rotatable bonds is 10. The second-order valence-electron chi connectivity index (χ2n) is 12.8. The van der Waals surface area contributed by atoms with Crippen LogP contribution in [0, 0.1) is 10.1 Å². The number of carboxylic acids is 2. The van der Waals surface area contributed by atoms with Crippen LogP contribution in [0.15, 0.2) is 109 Å². The molecule has 0 radical (unpaired) electrons. The minimum Gasteiger partial charge on any atom is -0.481 e. The number of aliphatic carboxylic acids is 2. The first-order valence-corrected chi connectivity index (χ1v) is 17.1. The summed E-state index contributed by atoms with van der Waals surface area (Å²) in [5, 5.41) is 37.6. The molecular weight excluding hydrogens is 651 g/mol. The molecule has 1 aromatic heterocycles. The Kier molecular flexibility index (Phi) is 8.41. The maximum Gasteiger partial charge on any atom is 0.309 e. The SMILES string of the molecule is CC1(C)/C(=C/C=C/C=C/c2sc3c4cc([N+](=O)[O-])ccc4ccc3[n+]2CCC(=O)O)N(CCC(=O)O)c2c1c1ccccc1c1ccccc21. The van der Waals surface area contributed by atoms with E-state index >= 15 is 0 Å². The molecule has 10 heteroatoms. The Morgan fingerprint density at radius 2 is 1.52 bits per heavy atom. The summed E-state index contributed by atoms with van der Waals surface area (Å²) in [5.41, 5.74) is 3.59. The Morgan fingerprint density at radius 1 is 0.860 bits per heavy atom. The zero-order chi connectivity index (χ0) is 35.2. The summed E-state index contributed by atoms with van der Waals surface area (Å²) < 4.78 is 2.79. The third-order valence-corrected chi connectivity index (χ3v) is 10.7. The number of thiazole rings is 1. The van der Waals surface area contributed by atoms with Gasteiger partial charge in [-0.3, -0.25) is 19.7 Å². The van der Waals surface area contributed by atoms with Gasteiger partial charge in [0.1, 0.15) is 11.1 Å². The Bertz CT molecular complexity index is 2470. The number of nitrogens with zero attached hydrogens (tertiary/aromatic N) is 3. The number of benzene rings is 5. The van der Waals surface area contributed by atoms with Gasteiger partial charge in [0.05, 0.1) is 17.0 Å². The van der Waals surface area contributed by atoms with E-state index in [1.807, 2.05) is 71.3 Å². The number of non-ortho nitro benzene ring substituents is 1. The molecule has 1 aliphatic rings. The highest BCUT2D eigenvalue weighted by Crippen LogP contribution is 2.54. The lowest BCUT2D eigenvalue weighted by molar-refractivity contribution is -0.667. The largest absolute Gasteiger partial charge is 0.481 e. The lowest BCUT2D eigenvalue weighted by atomic mass is 9.80. The highest BCUT2D eigenvalue weighted by Gasteiger charge is 2.42. The van der Waals surface area contributed by atoms with E-state index in [9.17, 15) is 29.9 Å². The van der Waals surface area contributed by atoms with E-state index in [1.165, 1.54) is 23.0 Å². The van der Waals surface area contributed by atoms with Crippen LogP contribution in [0.2, 0.25) is 0 Å². The second-order valence-corrected chi connectivity index (χ2v) is 13.9. The van der Waals surface area contributed by atoms with Crippen LogP contribution in [0.25, 0.3) is 48.6 Å². The molecule has 0 aliphatic carbocycles. The third-order valence-electron chi connectivity index (χ3n) is 9.45. The molecule has 0 amide bonds. The lowest BCUT2D eigenvalue weighted by Gasteiger charge is -2.26. The summed E-state index contributed by atoms with van der Waals surface area (Å²) in [4.78, 5) is 36.6. The van der Waals surface area contributed by atoms with Gasteiger partial charge >= 0.3 is 11.9 Å². The van der Waals surface area contributed by atoms with Crippen molar-refractivity contribution >= 4 is 83.3 Å². The van der Waals surface area contributed by atoms with Gasteiger partial charge < -0.3 is 15.1 Å². The average molecular weight is 685 g/mol. The predicted molar refractivity (Wildman–Crippen MR) is 199 cm³/mol. The van der Waals surface area contributed by atoms with Crippen LogP contribution in [-0.4, -0.2) is 33.6 Å². The molecule has 5 aromatic carbocycles. The second kappa shape index (κ2) is 12.9. The molecule has 7 rings (SSSR count). The van der Waals surface area contributed by atoms with Gasteiger partial charge in [0.2, 0.25) is 5.52 Å². The van der Waals surface area contributed by atoms with Crippen molar-refractivity contribution in [3.8, 4) is 0 Å². The van der Waals surface area contributed by atoms with Crippen LogP contribution in [0.1, 0.15) is 37.3 Å². The molecule has 2 heterocycles. The molecule has 0 bridgehead atoms. The van der Waals surface area contributed by atoms with Crippen LogP contribution in [0.3, 0.4) is 0 Å². The number of hydrogen-bond acceptors (Lipinski definition) is 6. The summed E-state index contributed by atoms with van der Waals surface area (Å²) in [6.45, 7) is 4.93. The lowest BCUT2D eigenvalue weighted by Crippen LogP contribution is -2.36. The maximum absolute atomic E-state index is 11.8. The maximum atomic E-state index is 11.8. The zero-order valence-electron chi connectivity index (χ0n) is 27.5. The minimum atomic E-state index is -0.914. The van der Waals surface area contributed by atoms with E-state index in [4.69, 9.17) is 0 Å². The number of carbonyl (C=O) groups is 2. The molecular formula is C40H34N3O6S+. The molecule has 0 spiro atoms. The van der Waals surface area contributed by atoms with Crippen molar-refractivity contribution in [2.75, 3.05) is 11.4 Å². The number of anilines is 1. The van der Waals surface area contributed by atoms with E-state index in [2.05, 4.69) is 43.0 Å². The first-order chi connectivity index (χ1) is 24.1. The number of aryl methyl sites for hydroxylation is 1. The first-order valence-electron chi connectivity index (χ1n) is 16.3. The van der Waals surface area contributed by atoms with Gasteiger partial charge in [-0.2, -0.15) is 4.57 Å². The van der Waals surface area contributed by atoms with Crippen molar-refractivity contribution in [1.82, 2.24) is 0 Å². The molecule has 2 N–H and O–H groups in total. The minimum absolute atomic E-state index is 0.000991. The Balaban J connectivity index is 1.29. The zero-order valence-corrected chi connectivity index (χ0v) is 28.3. The highest BCUT2D eigenvalue weighted by atomic mass is 32.1. The van der Waals surface area contributed by atoms with Gasteiger partial charge in [0.15, 0.2) is 6.54 Å². The van der Waals surface area contributed by atoms with Crippen LogP contribution < -0.4 is 9.47 Å². The topological polar surface area (TPSA) is 125 Å². The molecule has 6 aromatic rings. The van der Waals surface area contributed by atoms with Crippen molar-refractivity contribution in [2.45, 2.75) is 38.6 Å². The molecule has 50 heavy (non-hydrogen) atoms. The summed E-state index contributed by atoms with van der Waals surface area (Å²) >= 11 is 1.46. The van der Waals surface area contributed by atoms with Crippen LogP contribution >= 0.6 is 11.3 Å². The number of nitro benzene ring substituents is 1. The van der Waals surface area contributed by atoms with Gasteiger partial charge in [-0.15, -0.1) is 0 Å². The monoisotopic (exact) mass is 684 g/mol. The summed E-state index contributed by atoms with van der Waals surface area (Å²) in [6, 6.07) is 25.3. The predicted octanol–water partition coefficient (Wildman–Crippen LogP) is 8.76. The molecule has 0 saturated carbocycles. The van der Waals surface area contributed by atoms with Gasteiger partial charge in [-0.1, -0.05) is 91.9 Å². The third kappa shape index (κ3) is 5.67. The average Bonchev–Trinajstić information content (AvgIpc) is 3.57. The standard InChI is InChI=1S/C40H33N3O6S/c1-40(2)33(42(23-21-36(46)47)38-30-13-9-7-11-28(30)27-10-6-8-12-29(27)37(38)40)14-4-3-5-15-34-41(22-20-35(44)45)32-19-17-25-16-18-26(43(48)49)24-31(25)39(32)50-34/h3-19,24H,20-23H2,1-2H3,(H-,44,45,46,47)/p+1. The van der Waals surface area contributed by atoms with Crippen molar-refractivity contribution in [1.29, 1.82) is 0 Å². The Hall–Kier alpha value is -5.87. The van der Waals surface area contributed by atoms with E-state index < -0.39 is 22.3 Å². The summed E-state index contributed by atoms with van der Waals surface area (Å²) in [5.74, 6) is -1.77. The fourth-order valence-electron chi connectivity index (χ4n) is 7.25. The normalized spacial score (nSPS) is 15.0. The first kappa shape index (κ1) is 32.7. The Labute approximate surface area is 291 Å². The number of nitro groups is 1. The van der Waals surface area contributed by atoms with Crippen molar-refractivity contribution in [3.63, 3.8) is 0 Å². The molecule has 1 aliphatic heterocycles. The Morgan fingerprint density at radius 3 is 2.22 bits per heavy atom. The highest BCUT2D eigenvalue weighted by molar-refractivity contribution is 7.19. The fraction of sp³-hybridized carbons (Fsp3) is 0.175. The van der Waals surface area contributed by atoms with Gasteiger partial charge in [-0.05, 0) is 45.3 Å². The number of carboxylic acid groups (broad SMARTS) is 2. The molecule has 0 fully saturated rings. The van der Waals surface area contributed by atoms with E-state index in [1.54, 1.807) is 12.1 Å². The molecule has 0 saturated heterocycles. The van der Waals surface area contributed by atoms with Gasteiger partial charge in [-0.25, -0.2) is 0 Å². The molecule has 9 nitrogen and oxygen atoms in total. The van der Waals surface area contributed by atoms with E-state index in [0.717, 1.165) is 58.9 Å². The quantitative estimate of drug-likeness (QED) is 0.0486. The molecule has 250 valence electrons. The summed E-state index contributed by atoms with van der Waals surface area (Å²) in [6.07, 6.45) is 9.63. The number of aromatic nitrogens is 1. The van der Waals surface area contributed by atoms with Crippen molar-refractivity contribution in [2.24, 2.45) is 0 Å². The van der Waals surface area contributed by atoms with Gasteiger partial charge in [0.25, 0.3) is 10.7 Å². The summed E-state index contributed by atoms with van der Waals surface area (Å²) in [7, 11) is 0. The van der Waals surface area contributed by atoms with Crippen LogP contribution in [-0.2, 0) is 21.5 Å². The molecule has 0 unspecified atom stereocenters. The van der Waals surface area contributed by atoms with Gasteiger partial charge in [0, 0.05) is 52.7 Å². The fourth-order valence-corrected chi connectivity index (χ4v) is 8.48. The van der Waals surface area contributed by atoms with Crippen molar-refractivity contribution < 1.29 is 29.3 Å². The van der Waals surface area contributed by atoms with E-state index in [-0.39, 0.29) is 25.1 Å². The van der Waals surface area contributed by atoms with Crippen LogP contribution in [0.5, 0.6) is 0 Å². The number of fused-ring (bicyclic) bond motifs is 9. The smallest absolute Gasteiger partial charge is 0.309 e. The van der Waals surface area contributed by atoms with Crippen LogP contribution in [0.4, 0.5) is 11.4 Å².